The molecule has 2 aromatic carbocycles. The van der Waals surface area contributed by atoms with Gasteiger partial charge in [-0.3, -0.25) is 24.0 Å². The zero-order chi connectivity index (χ0) is 36.3. The Balaban J connectivity index is 1.30. The molecule has 0 bridgehead atoms. The highest BCUT2D eigenvalue weighted by Gasteiger charge is 2.28. The number of sulfonamides is 1. The molecule has 4 aromatic rings. The van der Waals surface area contributed by atoms with Gasteiger partial charge in [-0.2, -0.15) is 4.98 Å². The number of benzene rings is 2. The molecule has 2 aliphatic heterocycles. The molecule has 4 heterocycles. The van der Waals surface area contributed by atoms with E-state index >= 15 is 0 Å². The number of anilines is 7. The number of hydrogen-bond acceptors (Lipinski definition) is 13. The van der Waals surface area contributed by atoms with E-state index in [9.17, 15) is 17.6 Å². The Hall–Kier alpha value is -4.65. The van der Waals surface area contributed by atoms with Gasteiger partial charge in [-0.25, -0.2) is 17.8 Å². The molecule has 0 atom stereocenters. The van der Waals surface area contributed by atoms with Crippen LogP contribution in [-0.4, -0.2) is 105 Å². The minimum Gasteiger partial charge on any atom is -0.494 e. The van der Waals surface area contributed by atoms with Crippen molar-refractivity contribution < 1.29 is 22.3 Å². The van der Waals surface area contributed by atoms with Gasteiger partial charge in [0.1, 0.15) is 22.8 Å². The second-order valence-electron chi connectivity index (χ2n) is 12.2. The first kappa shape index (κ1) is 36.2. The summed E-state index contributed by atoms with van der Waals surface area (Å²) in [5, 5.41) is 12.4. The molecule has 4 N–H and O–H groups in total. The van der Waals surface area contributed by atoms with Crippen LogP contribution in [0.4, 0.5) is 44.6 Å². The molecule has 2 aliphatic rings. The minimum absolute atomic E-state index is 0.148. The van der Waals surface area contributed by atoms with Crippen LogP contribution in [0.3, 0.4) is 0 Å². The minimum atomic E-state index is -3.68. The van der Waals surface area contributed by atoms with Crippen LogP contribution in [0.2, 0.25) is 0 Å². The van der Waals surface area contributed by atoms with Crippen molar-refractivity contribution in [2.24, 2.45) is 0 Å². The average Bonchev–Trinajstić information content (AvgIpc) is 3.12. The number of carbonyl (C=O) groups excluding carboxylic acids is 1. The molecule has 0 unspecified atom stereocenters. The van der Waals surface area contributed by atoms with Gasteiger partial charge in [0.05, 0.1) is 46.1 Å². The fraction of sp³-hybridized carbons (Fsp3) is 0.364. The third-order valence-corrected chi connectivity index (χ3v) is 10.7. The number of aromatic nitrogens is 4. The zero-order valence-corrected chi connectivity index (χ0v) is 30.8. The number of nitrogens with one attached hydrogen (secondary N) is 4. The second kappa shape index (κ2) is 15.3. The number of halogens is 2. The Kier molecular flexibility index (Phi) is 10.8. The van der Waals surface area contributed by atoms with E-state index in [1.807, 2.05) is 0 Å². The number of amides is 1. The quantitative estimate of drug-likeness (QED) is 0.158. The monoisotopic (exact) mass is 783 g/mol. The van der Waals surface area contributed by atoms with Crippen molar-refractivity contribution in [3.8, 4) is 5.75 Å². The van der Waals surface area contributed by atoms with Crippen LogP contribution in [0.15, 0.2) is 59.7 Å². The fourth-order valence-electron chi connectivity index (χ4n) is 6.28. The lowest BCUT2D eigenvalue weighted by atomic mass is 10.0. The van der Waals surface area contributed by atoms with E-state index in [-0.39, 0.29) is 11.6 Å². The van der Waals surface area contributed by atoms with Gasteiger partial charge >= 0.3 is 0 Å². The molecule has 2 saturated heterocycles. The molecule has 0 spiro atoms. The first-order valence-corrected chi connectivity index (χ1v) is 18.9. The SMILES string of the molecule is C=C(F)C(=O)Nc1cc(Nc2ncc(Br)c(Nc3ccc4nccnc4c3N(C)S(C)(=O)=O)n2)c(OC)cc1N1CCC(N2CCNCC2)CC1. The molecular formula is C33H39BrFN11O4S. The lowest BCUT2D eigenvalue weighted by Gasteiger charge is -2.41. The van der Waals surface area contributed by atoms with E-state index in [1.165, 1.54) is 32.7 Å². The molecule has 0 aliphatic carbocycles. The highest BCUT2D eigenvalue weighted by molar-refractivity contribution is 9.10. The number of carbonyl (C=O) groups is 1. The number of piperazine rings is 1. The highest BCUT2D eigenvalue weighted by Crippen LogP contribution is 2.41. The molecule has 0 radical (unpaired) electrons. The Morgan fingerprint density at radius 2 is 1.78 bits per heavy atom. The van der Waals surface area contributed by atoms with Gasteiger partial charge in [0, 0.05) is 77.0 Å². The van der Waals surface area contributed by atoms with E-state index in [4.69, 9.17) is 4.74 Å². The number of hydrogen-bond donors (Lipinski definition) is 4. The van der Waals surface area contributed by atoms with Crippen molar-refractivity contribution in [2.45, 2.75) is 18.9 Å². The summed E-state index contributed by atoms with van der Waals surface area (Å²) in [6, 6.07) is 7.33. The zero-order valence-electron chi connectivity index (χ0n) is 28.4. The van der Waals surface area contributed by atoms with Crippen LogP contribution in [0, 0.1) is 0 Å². The van der Waals surface area contributed by atoms with Gasteiger partial charge in [0.2, 0.25) is 16.0 Å². The normalized spacial score (nSPS) is 15.7. The highest BCUT2D eigenvalue weighted by atomic mass is 79.9. The molecule has 2 aromatic heterocycles. The molecule has 0 saturated carbocycles. The van der Waals surface area contributed by atoms with Crippen molar-refractivity contribution in [1.29, 1.82) is 0 Å². The van der Waals surface area contributed by atoms with Crippen molar-refractivity contribution >= 4 is 83.1 Å². The largest absolute Gasteiger partial charge is 0.494 e. The molecule has 6 rings (SSSR count). The van der Waals surface area contributed by atoms with Gasteiger partial charge in [-0.15, -0.1) is 0 Å². The van der Waals surface area contributed by atoms with Gasteiger partial charge in [0.15, 0.2) is 5.83 Å². The van der Waals surface area contributed by atoms with Crippen molar-refractivity contribution in [1.82, 2.24) is 30.2 Å². The van der Waals surface area contributed by atoms with Crippen LogP contribution in [0.5, 0.6) is 5.75 Å². The summed E-state index contributed by atoms with van der Waals surface area (Å²) < 4.78 is 46.6. The topological polar surface area (TPSA) is 170 Å². The molecule has 18 heteroatoms. The van der Waals surface area contributed by atoms with Gasteiger partial charge in [0.25, 0.3) is 5.91 Å². The van der Waals surface area contributed by atoms with Crippen LogP contribution < -0.4 is 35.2 Å². The number of ether oxygens (including phenoxy) is 1. The number of fused-ring (bicyclic) bond motifs is 1. The summed E-state index contributed by atoms with van der Waals surface area (Å²) in [4.78, 5) is 35.0. The smallest absolute Gasteiger partial charge is 0.283 e. The lowest BCUT2D eigenvalue weighted by Crippen LogP contribution is -2.52. The summed E-state index contributed by atoms with van der Waals surface area (Å²) in [7, 11) is -0.715. The van der Waals surface area contributed by atoms with Gasteiger partial charge in [-0.1, -0.05) is 6.58 Å². The summed E-state index contributed by atoms with van der Waals surface area (Å²) in [6.45, 7) is 8.64. The maximum atomic E-state index is 13.9. The fourth-order valence-corrected chi connectivity index (χ4v) is 7.08. The van der Waals surface area contributed by atoms with Crippen molar-refractivity contribution in [3.05, 3.63) is 59.7 Å². The lowest BCUT2D eigenvalue weighted by molar-refractivity contribution is -0.114. The van der Waals surface area contributed by atoms with Crippen molar-refractivity contribution in [2.75, 3.05) is 84.8 Å². The van der Waals surface area contributed by atoms with Gasteiger partial charge < -0.3 is 30.9 Å². The second-order valence-corrected chi connectivity index (χ2v) is 15.1. The standard InChI is InChI=1S/C33H39BrFN11O4S/c1-20(35)32(47)41-25-17-26(28(50-3)18-27(25)46-13-7-21(8-14-46)45-15-11-36-12-16-45)42-33-39-19-22(34)31(43-33)40-24-6-5-23-29(38-10-9-37-23)30(24)44(2)51(4,48)49/h5-6,9-10,17-19,21,36H,1,7-8,11-16H2,2-4H3,(H,41,47)(H2,39,40,42,43). The third kappa shape index (κ3) is 8.14. The first-order valence-electron chi connectivity index (χ1n) is 16.2. The third-order valence-electron chi connectivity index (χ3n) is 8.96. The molecular weight excluding hydrogens is 745 g/mol. The Morgan fingerprint density at radius 1 is 1.06 bits per heavy atom. The van der Waals surface area contributed by atoms with Crippen LogP contribution in [0.25, 0.3) is 11.0 Å². The maximum absolute atomic E-state index is 13.9. The number of nitrogens with zero attached hydrogens (tertiary/aromatic N) is 7. The molecule has 51 heavy (non-hydrogen) atoms. The maximum Gasteiger partial charge on any atom is 0.283 e. The average molecular weight is 785 g/mol. The van der Waals surface area contributed by atoms with E-state index < -0.39 is 21.8 Å². The van der Waals surface area contributed by atoms with Crippen LogP contribution in [0.1, 0.15) is 12.8 Å². The summed E-state index contributed by atoms with van der Waals surface area (Å²) >= 11 is 3.49. The molecule has 1 amide bonds. The van der Waals surface area contributed by atoms with Crippen LogP contribution >= 0.6 is 15.9 Å². The summed E-state index contributed by atoms with van der Waals surface area (Å²) in [5.74, 6) is -1.17. The van der Waals surface area contributed by atoms with Crippen molar-refractivity contribution in [3.63, 3.8) is 0 Å². The predicted octanol–water partition coefficient (Wildman–Crippen LogP) is 4.37. The first-order chi connectivity index (χ1) is 24.4. The predicted molar refractivity (Wildman–Crippen MR) is 201 cm³/mol. The number of methoxy groups -OCH3 is 1. The van der Waals surface area contributed by atoms with Gasteiger partial charge in [-0.05, 0) is 47.0 Å². The Morgan fingerprint density at radius 3 is 2.47 bits per heavy atom. The Labute approximate surface area is 303 Å². The van der Waals surface area contributed by atoms with E-state index in [0.29, 0.717) is 55.9 Å². The van der Waals surface area contributed by atoms with Crippen LogP contribution in [-0.2, 0) is 14.8 Å². The number of piperidine rings is 1. The summed E-state index contributed by atoms with van der Waals surface area (Å²) in [6.07, 6.45) is 7.53. The van der Waals surface area contributed by atoms with E-state index in [2.05, 4.69) is 73.5 Å². The molecule has 15 nitrogen and oxygen atoms in total. The Bertz CT molecular complexity index is 2060. The number of rotatable bonds is 11. The molecule has 270 valence electrons. The van der Waals surface area contributed by atoms with E-state index in [1.54, 1.807) is 24.3 Å². The molecule has 2 fully saturated rings. The van der Waals surface area contributed by atoms with E-state index in [0.717, 1.165) is 62.7 Å². The summed E-state index contributed by atoms with van der Waals surface area (Å²) in [5.41, 5.74) is 3.03.